The number of ether oxygens (including phenoxy) is 2. The number of aromatic nitrogens is 1. The summed E-state index contributed by atoms with van der Waals surface area (Å²) in [5.74, 6) is -1.64. The smallest absolute Gasteiger partial charge is 0.489 e. The molecule has 3 atom stereocenters. The average molecular weight is 442 g/mol. The monoisotopic (exact) mass is 442 g/mol. The van der Waals surface area contributed by atoms with E-state index < -0.39 is 12.1 Å². The first-order valence-corrected chi connectivity index (χ1v) is 9.58. The largest absolute Gasteiger partial charge is 0.490 e. The number of fused-ring (bicyclic) bond motifs is 1. The molecule has 0 bridgehead atoms. The number of carbonyl (C=O) groups is 2. The van der Waals surface area contributed by atoms with Crippen LogP contribution in [0.2, 0.25) is 0 Å². The Labute approximate surface area is 175 Å². The summed E-state index contributed by atoms with van der Waals surface area (Å²) in [5, 5.41) is 7.12. The normalized spacial score (nSPS) is 22.8. The number of hydrogen-bond acceptors (Lipinski definition) is 6. The summed E-state index contributed by atoms with van der Waals surface area (Å²) in [7, 11) is 0. The molecule has 0 radical (unpaired) electrons. The molecule has 0 unspecified atom stereocenters. The molecule has 2 aliphatic heterocycles. The van der Waals surface area contributed by atoms with Crippen molar-refractivity contribution in [1.29, 1.82) is 0 Å². The molecule has 8 nitrogen and oxygen atoms in total. The van der Waals surface area contributed by atoms with Gasteiger partial charge >= 0.3 is 12.1 Å². The van der Waals surface area contributed by atoms with Gasteiger partial charge in [0.05, 0.1) is 30.7 Å². The molecular formula is C20H21F3N2O6. The van der Waals surface area contributed by atoms with Gasteiger partial charge in [0, 0.05) is 12.7 Å². The fraction of sp³-hybridized carbons (Fsp3) is 0.450. The quantitative estimate of drug-likeness (QED) is 0.776. The van der Waals surface area contributed by atoms with Crippen molar-refractivity contribution in [3.05, 3.63) is 48.7 Å². The number of pyridine rings is 1. The van der Waals surface area contributed by atoms with Crippen LogP contribution in [0.1, 0.15) is 29.8 Å². The van der Waals surface area contributed by atoms with Crippen LogP contribution in [0.25, 0.3) is 0 Å². The number of carbonyl (C=O) groups excluding carboxylic acids is 1. The van der Waals surface area contributed by atoms with Gasteiger partial charge in [0.15, 0.2) is 5.76 Å². The van der Waals surface area contributed by atoms with Gasteiger partial charge in [-0.25, -0.2) is 4.79 Å². The summed E-state index contributed by atoms with van der Waals surface area (Å²) in [5.41, 5.74) is 0. The van der Waals surface area contributed by atoms with Crippen LogP contribution in [0.4, 0.5) is 13.2 Å². The van der Waals surface area contributed by atoms with Crippen molar-refractivity contribution in [2.24, 2.45) is 0 Å². The summed E-state index contributed by atoms with van der Waals surface area (Å²) in [6.07, 6.45) is 2.68. The number of furan rings is 1. The average Bonchev–Trinajstić information content (AvgIpc) is 3.42. The lowest BCUT2D eigenvalue weighted by Gasteiger charge is -2.35. The second-order valence-corrected chi connectivity index (χ2v) is 7.01. The van der Waals surface area contributed by atoms with E-state index in [0.29, 0.717) is 18.9 Å². The van der Waals surface area contributed by atoms with Gasteiger partial charge in [-0.05, 0) is 43.5 Å². The van der Waals surface area contributed by atoms with Crippen molar-refractivity contribution in [2.45, 2.75) is 43.7 Å². The number of carboxylic acid groups (broad SMARTS) is 1. The van der Waals surface area contributed by atoms with E-state index in [4.69, 9.17) is 23.8 Å². The third kappa shape index (κ3) is 5.97. The minimum atomic E-state index is -5.08. The van der Waals surface area contributed by atoms with Crippen LogP contribution >= 0.6 is 0 Å². The van der Waals surface area contributed by atoms with Crippen LogP contribution in [0.5, 0.6) is 5.75 Å². The van der Waals surface area contributed by atoms with Gasteiger partial charge < -0.3 is 23.9 Å². The van der Waals surface area contributed by atoms with Crippen molar-refractivity contribution in [2.75, 3.05) is 13.2 Å². The molecule has 11 heteroatoms. The number of likely N-dealkylation sites (tertiary alicyclic amines) is 1. The number of aliphatic carboxylic acids is 1. The Hall–Kier alpha value is -3.08. The van der Waals surface area contributed by atoms with Crippen LogP contribution in [0, 0.1) is 0 Å². The molecule has 0 aliphatic carbocycles. The van der Waals surface area contributed by atoms with E-state index in [1.807, 2.05) is 17.0 Å². The Balaban J connectivity index is 0.000000339. The van der Waals surface area contributed by atoms with Crippen molar-refractivity contribution in [1.82, 2.24) is 9.88 Å². The third-order valence-corrected chi connectivity index (χ3v) is 4.94. The maximum absolute atomic E-state index is 12.5. The number of nitrogens with zero attached hydrogens (tertiary/aromatic N) is 2. The van der Waals surface area contributed by atoms with Crippen LogP contribution in [0.15, 0.2) is 47.3 Å². The van der Waals surface area contributed by atoms with Crippen LogP contribution in [-0.4, -0.2) is 64.4 Å². The first-order valence-electron chi connectivity index (χ1n) is 9.58. The van der Waals surface area contributed by atoms with E-state index in [0.717, 1.165) is 25.0 Å². The van der Waals surface area contributed by atoms with Crippen molar-refractivity contribution in [3.8, 4) is 5.75 Å². The lowest BCUT2D eigenvalue weighted by atomic mass is 9.99. The predicted molar refractivity (Wildman–Crippen MR) is 99.5 cm³/mol. The summed E-state index contributed by atoms with van der Waals surface area (Å²) in [6.45, 7) is 1.23. The highest BCUT2D eigenvalue weighted by Gasteiger charge is 2.42. The van der Waals surface area contributed by atoms with Gasteiger partial charge in [-0.2, -0.15) is 13.2 Å². The Kier molecular flexibility index (Phi) is 7.16. The molecule has 2 aromatic rings. The lowest BCUT2D eigenvalue weighted by Crippen LogP contribution is -2.46. The van der Waals surface area contributed by atoms with E-state index in [2.05, 4.69) is 4.98 Å². The minimum absolute atomic E-state index is 0.0406. The van der Waals surface area contributed by atoms with E-state index in [1.54, 1.807) is 24.5 Å². The molecule has 0 aromatic carbocycles. The first-order chi connectivity index (χ1) is 14.8. The third-order valence-electron chi connectivity index (χ3n) is 4.94. The van der Waals surface area contributed by atoms with E-state index >= 15 is 0 Å². The molecule has 168 valence electrons. The number of amides is 1. The van der Waals surface area contributed by atoms with Crippen molar-refractivity contribution < 1.29 is 41.8 Å². The summed E-state index contributed by atoms with van der Waals surface area (Å²) < 4.78 is 48.9. The molecule has 2 saturated heterocycles. The van der Waals surface area contributed by atoms with Gasteiger partial charge in [-0.1, -0.05) is 0 Å². The zero-order chi connectivity index (χ0) is 22.4. The van der Waals surface area contributed by atoms with Gasteiger partial charge in [0.25, 0.3) is 5.91 Å². The number of halogens is 3. The fourth-order valence-electron chi connectivity index (χ4n) is 3.54. The molecular weight excluding hydrogens is 421 g/mol. The number of hydrogen-bond donors (Lipinski definition) is 1. The van der Waals surface area contributed by atoms with E-state index in [-0.39, 0.29) is 24.2 Å². The van der Waals surface area contributed by atoms with Gasteiger partial charge in [0.1, 0.15) is 12.4 Å². The highest BCUT2D eigenvalue weighted by molar-refractivity contribution is 5.92. The summed E-state index contributed by atoms with van der Waals surface area (Å²) in [4.78, 5) is 27.3. The van der Waals surface area contributed by atoms with Crippen LogP contribution in [0.3, 0.4) is 0 Å². The first kappa shape index (κ1) is 22.6. The Morgan fingerprint density at radius 1 is 1.23 bits per heavy atom. The minimum Gasteiger partial charge on any atom is -0.489 e. The van der Waals surface area contributed by atoms with Crippen LogP contribution in [-0.2, 0) is 9.53 Å². The zero-order valence-electron chi connectivity index (χ0n) is 16.3. The molecule has 0 saturated carbocycles. The van der Waals surface area contributed by atoms with E-state index in [9.17, 15) is 18.0 Å². The molecule has 0 spiro atoms. The molecule has 2 aromatic heterocycles. The number of alkyl halides is 3. The maximum Gasteiger partial charge on any atom is 0.490 e. The van der Waals surface area contributed by atoms with Crippen molar-refractivity contribution >= 4 is 11.9 Å². The highest BCUT2D eigenvalue weighted by atomic mass is 19.4. The molecule has 31 heavy (non-hydrogen) atoms. The molecule has 1 amide bonds. The predicted octanol–water partition coefficient (Wildman–Crippen LogP) is 3.15. The van der Waals surface area contributed by atoms with Gasteiger partial charge in [-0.3, -0.25) is 9.78 Å². The van der Waals surface area contributed by atoms with Gasteiger partial charge in [0.2, 0.25) is 0 Å². The lowest BCUT2D eigenvalue weighted by molar-refractivity contribution is -0.192. The molecule has 2 aliphatic rings. The summed E-state index contributed by atoms with van der Waals surface area (Å²) in [6, 6.07) is 7.32. The van der Waals surface area contributed by atoms with Crippen LogP contribution < -0.4 is 4.74 Å². The number of rotatable bonds is 4. The molecule has 2 fully saturated rings. The molecule has 4 heterocycles. The number of carboxylic acids is 1. The van der Waals surface area contributed by atoms with E-state index in [1.165, 1.54) is 6.26 Å². The Morgan fingerprint density at radius 2 is 2.00 bits per heavy atom. The standard InChI is InChI=1S/C18H20N2O4.C2HF3O2/c21-18(17-4-2-10-22-17)20-9-7-16-15(20)6-5-14(24-16)12-23-13-3-1-8-19-11-13;3-2(4,5)1(6)7/h1-4,8,10-11,14-16H,5-7,9,12H2;(H,6,7)/t14-,15-,16-;/m0./s1. The molecule has 4 rings (SSSR count). The Morgan fingerprint density at radius 3 is 2.61 bits per heavy atom. The van der Waals surface area contributed by atoms with Gasteiger partial charge in [-0.15, -0.1) is 0 Å². The Bertz CT molecular complexity index is 860. The zero-order valence-corrected chi connectivity index (χ0v) is 16.3. The highest BCUT2D eigenvalue weighted by Crippen LogP contribution is 2.32. The molecule has 1 N–H and O–H groups in total. The summed E-state index contributed by atoms with van der Waals surface area (Å²) >= 11 is 0. The second-order valence-electron chi connectivity index (χ2n) is 7.01. The fourth-order valence-corrected chi connectivity index (χ4v) is 3.54. The van der Waals surface area contributed by atoms with Crippen molar-refractivity contribution in [3.63, 3.8) is 0 Å². The second kappa shape index (κ2) is 9.82. The topological polar surface area (TPSA) is 102 Å². The SMILES string of the molecule is O=C(O)C(F)(F)F.O=C(c1ccco1)N1CC[C@@H]2O[C@H](COc3cccnc3)CC[C@@H]21. The maximum atomic E-state index is 12.5.